The Morgan fingerprint density at radius 2 is 1.92 bits per heavy atom. The first-order valence-corrected chi connectivity index (χ1v) is 12.9. The van der Waals surface area contributed by atoms with E-state index in [0.29, 0.717) is 40.7 Å². The third kappa shape index (κ3) is 5.66. The molecule has 0 fully saturated rings. The lowest BCUT2D eigenvalue weighted by Gasteiger charge is -2.34. The number of alkyl halides is 3. The van der Waals surface area contributed by atoms with E-state index in [1.54, 1.807) is 24.4 Å². The van der Waals surface area contributed by atoms with Crippen molar-refractivity contribution in [3.05, 3.63) is 77.9 Å². The quantitative estimate of drug-likeness (QED) is 0.446. The number of aromatic nitrogens is 2. The van der Waals surface area contributed by atoms with Crippen molar-refractivity contribution in [1.29, 1.82) is 0 Å². The molecule has 0 aliphatic carbocycles. The highest BCUT2D eigenvalue weighted by molar-refractivity contribution is 7.89. The number of sulfonamides is 1. The van der Waals surface area contributed by atoms with Crippen LogP contribution in [0.1, 0.15) is 23.2 Å². The van der Waals surface area contributed by atoms with Gasteiger partial charge in [0.25, 0.3) is 0 Å². The van der Waals surface area contributed by atoms with Crippen molar-refractivity contribution in [2.24, 2.45) is 5.73 Å². The van der Waals surface area contributed by atoms with Gasteiger partial charge in [-0.1, -0.05) is 36.4 Å². The summed E-state index contributed by atoms with van der Waals surface area (Å²) in [6.07, 6.45) is 4.14. The van der Waals surface area contributed by atoms with Gasteiger partial charge in [-0.3, -0.25) is 0 Å². The maximum atomic E-state index is 13.7. The number of anilines is 1. The van der Waals surface area contributed by atoms with Crippen LogP contribution in [0.3, 0.4) is 0 Å². The first kappa shape index (κ1) is 26.0. The van der Waals surface area contributed by atoms with Crippen molar-refractivity contribution in [1.82, 2.24) is 14.3 Å². The number of nitrogens with two attached hydrogens (primary N) is 1. The van der Waals surface area contributed by atoms with E-state index >= 15 is 0 Å². The molecule has 1 aromatic heterocycles. The first-order chi connectivity index (χ1) is 17.2. The Morgan fingerprint density at radius 1 is 1.14 bits per heavy atom. The molecular formula is C24H28F3N5O3S. The molecule has 0 amide bonds. The summed E-state index contributed by atoms with van der Waals surface area (Å²) in [5, 5.41) is 0. The van der Waals surface area contributed by atoms with Crippen LogP contribution in [0.15, 0.2) is 61.1 Å². The van der Waals surface area contributed by atoms with Crippen LogP contribution in [0.4, 0.5) is 18.9 Å². The van der Waals surface area contributed by atoms with Gasteiger partial charge in [-0.25, -0.2) is 13.4 Å². The Morgan fingerprint density at radius 3 is 2.58 bits per heavy atom. The minimum atomic E-state index is -5.60. The van der Waals surface area contributed by atoms with Gasteiger partial charge in [0.2, 0.25) is 0 Å². The molecule has 0 saturated carbocycles. The average molecular weight is 524 g/mol. The molecule has 1 atom stereocenters. The Labute approximate surface area is 207 Å². The minimum absolute atomic E-state index is 0.139. The van der Waals surface area contributed by atoms with E-state index in [-0.39, 0.29) is 19.7 Å². The second-order valence-electron chi connectivity index (χ2n) is 8.52. The number of hydrogen-bond acceptors (Lipinski definition) is 6. The van der Waals surface area contributed by atoms with E-state index < -0.39 is 28.1 Å². The Bertz CT molecular complexity index is 1240. The standard InChI is InChI=1S/C24H28F3N5O3S/c25-24(26,27)36(33,34)31-15-20(10-9-18-5-2-1-3-6-18)32(14-19-13-29-17-30-19)22-7-4-8-23(21(22)16-31)35-12-11-28/h1-8,13,17,20H,9-12,14-16,28H2,(H,29,30). The molecule has 4 rings (SSSR count). The van der Waals surface area contributed by atoms with Crippen molar-refractivity contribution in [3.8, 4) is 5.75 Å². The van der Waals surface area contributed by atoms with Crippen LogP contribution in [-0.4, -0.2) is 53.9 Å². The topological polar surface area (TPSA) is 105 Å². The zero-order valence-corrected chi connectivity index (χ0v) is 20.3. The van der Waals surface area contributed by atoms with E-state index in [4.69, 9.17) is 10.5 Å². The molecule has 3 N–H and O–H groups in total. The van der Waals surface area contributed by atoms with Gasteiger partial charge in [0.05, 0.1) is 18.6 Å². The summed E-state index contributed by atoms with van der Waals surface area (Å²) < 4.78 is 72.7. The van der Waals surface area contributed by atoms with Crippen LogP contribution in [0.5, 0.6) is 5.75 Å². The molecule has 0 radical (unpaired) electrons. The van der Waals surface area contributed by atoms with E-state index in [0.717, 1.165) is 11.3 Å². The number of H-pyrrole nitrogens is 1. The summed E-state index contributed by atoms with van der Waals surface area (Å²) in [7, 11) is -5.60. The van der Waals surface area contributed by atoms with Crippen LogP contribution < -0.4 is 15.4 Å². The maximum Gasteiger partial charge on any atom is 0.511 e. The lowest BCUT2D eigenvalue weighted by atomic mass is 10.0. The Kier molecular flexibility index (Phi) is 7.86. The number of nitrogens with zero attached hydrogens (tertiary/aromatic N) is 3. The largest absolute Gasteiger partial charge is 0.511 e. The lowest BCUT2D eigenvalue weighted by molar-refractivity contribution is -0.0492. The number of imidazole rings is 1. The first-order valence-electron chi connectivity index (χ1n) is 11.5. The molecule has 0 spiro atoms. The average Bonchev–Trinajstić information content (AvgIpc) is 3.31. The van der Waals surface area contributed by atoms with E-state index in [9.17, 15) is 21.6 Å². The molecule has 12 heteroatoms. The Balaban J connectivity index is 1.80. The van der Waals surface area contributed by atoms with Crippen LogP contribution in [-0.2, 0) is 29.5 Å². The number of aromatic amines is 1. The monoisotopic (exact) mass is 523 g/mol. The number of rotatable bonds is 9. The SMILES string of the molecule is NCCOc1cccc2c1CN(S(=O)(=O)C(F)(F)F)CC(CCc1ccccc1)N2Cc1cnc[nH]1. The van der Waals surface area contributed by atoms with Crippen molar-refractivity contribution >= 4 is 15.7 Å². The Hall–Kier alpha value is -3.09. The highest BCUT2D eigenvalue weighted by Gasteiger charge is 2.51. The maximum absolute atomic E-state index is 13.7. The molecular weight excluding hydrogens is 495 g/mol. The molecule has 3 aromatic rings. The van der Waals surface area contributed by atoms with Gasteiger partial charge in [0.1, 0.15) is 12.4 Å². The number of ether oxygens (including phenoxy) is 1. The van der Waals surface area contributed by atoms with Gasteiger partial charge >= 0.3 is 15.5 Å². The highest BCUT2D eigenvalue weighted by atomic mass is 32.2. The van der Waals surface area contributed by atoms with E-state index in [2.05, 4.69) is 9.97 Å². The normalized spacial score (nSPS) is 17.0. The van der Waals surface area contributed by atoms with Crippen molar-refractivity contribution < 1.29 is 26.3 Å². The third-order valence-electron chi connectivity index (χ3n) is 6.12. The molecule has 0 saturated heterocycles. The molecule has 194 valence electrons. The van der Waals surface area contributed by atoms with E-state index in [1.807, 2.05) is 35.2 Å². The molecule has 1 unspecified atom stereocenters. The van der Waals surface area contributed by atoms with Gasteiger partial charge < -0.3 is 20.4 Å². The number of halogens is 3. The minimum Gasteiger partial charge on any atom is -0.492 e. The smallest absolute Gasteiger partial charge is 0.492 e. The number of fused-ring (bicyclic) bond motifs is 1. The van der Waals surface area contributed by atoms with E-state index in [1.165, 1.54) is 6.33 Å². The molecule has 2 heterocycles. The number of nitrogens with one attached hydrogen (secondary N) is 1. The predicted molar refractivity (Wildman–Crippen MR) is 130 cm³/mol. The summed E-state index contributed by atoms with van der Waals surface area (Å²) in [6, 6.07) is 14.1. The van der Waals surface area contributed by atoms with Crippen LogP contribution in [0, 0.1) is 0 Å². The molecule has 8 nitrogen and oxygen atoms in total. The summed E-state index contributed by atoms with van der Waals surface area (Å²) in [5.41, 5.74) is 2.86. The fourth-order valence-electron chi connectivity index (χ4n) is 4.38. The van der Waals surface area contributed by atoms with Crippen molar-refractivity contribution in [2.75, 3.05) is 24.6 Å². The van der Waals surface area contributed by atoms with Gasteiger partial charge in [-0.2, -0.15) is 17.5 Å². The zero-order chi connectivity index (χ0) is 25.8. The van der Waals surface area contributed by atoms with Crippen LogP contribution in [0.2, 0.25) is 0 Å². The zero-order valence-electron chi connectivity index (χ0n) is 19.5. The molecule has 0 bridgehead atoms. The van der Waals surface area contributed by atoms with Gasteiger partial charge in [0, 0.05) is 43.1 Å². The molecule has 1 aliphatic heterocycles. The van der Waals surface area contributed by atoms with Gasteiger partial charge in [-0.05, 0) is 30.5 Å². The fourth-order valence-corrected chi connectivity index (χ4v) is 5.34. The molecule has 1 aliphatic rings. The van der Waals surface area contributed by atoms with Crippen LogP contribution >= 0.6 is 0 Å². The number of benzene rings is 2. The second kappa shape index (κ2) is 10.9. The predicted octanol–water partition coefficient (Wildman–Crippen LogP) is 3.42. The summed E-state index contributed by atoms with van der Waals surface area (Å²) in [6.45, 7) is -0.175. The third-order valence-corrected chi connectivity index (χ3v) is 7.66. The lowest BCUT2D eigenvalue weighted by Crippen LogP contribution is -2.47. The fraction of sp³-hybridized carbons (Fsp3) is 0.375. The van der Waals surface area contributed by atoms with Crippen molar-refractivity contribution in [3.63, 3.8) is 0 Å². The van der Waals surface area contributed by atoms with Crippen LogP contribution in [0.25, 0.3) is 0 Å². The summed E-state index contributed by atoms with van der Waals surface area (Å²) >= 11 is 0. The van der Waals surface area contributed by atoms with Gasteiger partial charge in [-0.15, -0.1) is 0 Å². The number of hydrogen-bond donors (Lipinski definition) is 2. The van der Waals surface area contributed by atoms with Gasteiger partial charge in [0.15, 0.2) is 0 Å². The highest BCUT2D eigenvalue weighted by Crippen LogP contribution is 2.39. The molecule has 36 heavy (non-hydrogen) atoms. The second-order valence-corrected chi connectivity index (χ2v) is 10.4. The molecule has 2 aromatic carbocycles. The summed E-state index contributed by atoms with van der Waals surface area (Å²) in [5.74, 6) is 0.304. The summed E-state index contributed by atoms with van der Waals surface area (Å²) in [4.78, 5) is 9.02. The van der Waals surface area contributed by atoms with Crippen molar-refractivity contribution in [2.45, 2.75) is 37.5 Å². The number of aryl methyl sites for hydroxylation is 1.